The number of carbonyl (C=O) groups excluding carboxylic acids is 1. The maximum Gasteiger partial charge on any atom is 0.416 e. The highest BCUT2D eigenvalue weighted by Gasteiger charge is 2.29. The van der Waals surface area contributed by atoms with Crippen molar-refractivity contribution in [1.82, 2.24) is 4.90 Å². The number of amides is 1. The van der Waals surface area contributed by atoms with Crippen LogP contribution in [0.3, 0.4) is 0 Å². The van der Waals surface area contributed by atoms with Gasteiger partial charge in [-0.25, -0.2) is 0 Å². The van der Waals surface area contributed by atoms with E-state index in [9.17, 15) is 18.0 Å². The minimum atomic E-state index is -4.34. The van der Waals surface area contributed by atoms with Gasteiger partial charge in [0.1, 0.15) is 0 Å². The van der Waals surface area contributed by atoms with Crippen molar-refractivity contribution in [3.63, 3.8) is 0 Å². The van der Waals surface area contributed by atoms with Crippen molar-refractivity contribution in [3.8, 4) is 0 Å². The van der Waals surface area contributed by atoms with Gasteiger partial charge in [-0.1, -0.05) is 12.1 Å². The molecule has 21 heavy (non-hydrogen) atoms. The van der Waals surface area contributed by atoms with E-state index in [0.29, 0.717) is 5.56 Å². The molecule has 116 valence electrons. The number of nitrogens with zero attached hydrogens (tertiary/aromatic N) is 1. The smallest absolute Gasteiger partial charge is 0.334 e. The van der Waals surface area contributed by atoms with E-state index in [1.54, 1.807) is 4.90 Å². The van der Waals surface area contributed by atoms with Gasteiger partial charge in [-0.15, -0.1) is 0 Å². The summed E-state index contributed by atoms with van der Waals surface area (Å²) in [7, 11) is 0. The molecule has 0 N–H and O–H groups in total. The normalized spacial score (nSPS) is 12.4. The molecular weight excluding hydrogens is 279 g/mol. The Labute approximate surface area is 123 Å². The first-order valence-electron chi connectivity index (χ1n) is 6.80. The van der Waals surface area contributed by atoms with E-state index in [0.717, 1.165) is 12.1 Å². The van der Waals surface area contributed by atoms with Gasteiger partial charge in [0.05, 0.1) is 5.56 Å². The van der Waals surface area contributed by atoms with Crippen LogP contribution in [0.5, 0.6) is 0 Å². The summed E-state index contributed by atoms with van der Waals surface area (Å²) in [6, 6.07) is 4.84. The van der Waals surface area contributed by atoms with Crippen LogP contribution in [0.25, 0.3) is 6.08 Å². The Balaban J connectivity index is 2.83. The molecule has 5 heteroatoms. The van der Waals surface area contributed by atoms with Gasteiger partial charge in [-0.3, -0.25) is 4.79 Å². The Morgan fingerprint density at radius 2 is 1.52 bits per heavy atom. The summed E-state index contributed by atoms with van der Waals surface area (Å²) in [6.45, 7) is 7.68. The molecule has 0 saturated carbocycles. The Bertz CT molecular complexity index is 493. The van der Waals surface area contributed by atoms with Crippen molar-refractivity contribution in [3.05, 3.63) is 41.5 Å². The van der Waals surface area contributed by atoms with E-state index in [1.807, 2.05) is 27.7 Å². The lowest BCUT2D eigenvalue weighted by Gasteiger charge is -2.29. The van der Waals surface area contributed by atoms with Crippen LogP contribution in [0.15, 0.2) is 30.3 Å². The van der Waals surface area contributed by atoms with Crippen molar-refractivity contribution >= 4 is 12.0 Å². The van der Waals surface area contributed by atoms with Crippen LogP contribution in [-0.2, 0) is 11.0 Å². The van der Waals surface area contributed by atoms with Crippen molar-refractivity contribution in [2.75, 3.05) is 0 Å². The Morgan fingerprint density at radius 3 is 1.90 bits per heavy atom. The Hall–Kier alpha value is -1.78. The van der Waals surface area contributed by atoms with E-state index in [2.05, 4.69) is 0 Å². The fraction of sp³-hybridized carbons (Fsp3) is 0.438. The maximum absolute atomic E-state index is 12.4. The molecule has 0 radical (unpaired) electrons. The lowest BCUT2D eigenvalue weighted by Crippen LogP contribution is -2.41. The van der Waals surface area contributed by atoms with Gasteiger partial charge in [0, 0.05) is 18.2 Å². The van der Waals surface area contributed by atoms with Gasteiger partial charge in [0.15, 0.2) is 0 Å². The summed E-state index contributed by atoms with van der Waals surface area (Å²) in [4.78, 5) is 13.8. The molecule has 0 aliphatic heterocycles. The lowest BCUT2D eigenvalue weighted by atomic mass is 10.1. The monoisotopic (exact) mass is 299 g/mol. The van der Waals surface area contributed by atoms with Crippen LogP contribution >= 0.6 is 0 Å². The predicted octanol–water partition coefficient (Wildman–Crippen LogP) is 4.36. The number of halogens is 3. The number of carbonyl (C=O) groups is 1. The van der Waals surface area contributed by atoms with E-state index < -0.39 is 11.7 Å². The third kappa shape index (κ3) is 4.92. The highest BCUT2D eigenvalue weighted by atomic mass is 19.4. The van der Waals surface area contributed by atoms with E-state index in [-0.39, 0.29) is 18.0 Å². The second kappa shape index (κ2) is 6.78. The number of rotatable bonds is 4. The molecule has 0 aliphatic rings. The molecule has 0 spiro atoms. The molecule has 0 saturated heterocycles. The van der Waals surface area contributed by atoms with Crippen LogP contribution in [0.4, 0.5) is 13.2 Å². The molecule has 1 rings (SSSR count). The summed E-state index contributed by atoms with van der Waals surface area (Å²) in [5.41, 5.74) is -0.138. The number of benzene rings is 1. The van der Waals surface area contributed by atoms with Gasteiger partial charge >= 0.3 is 6.18 Å². The molecule has 0 aliphatic carbocycles. The standard InChI is InChI=1S/C16H20F3NO/c1-11(2)20(12(3)4)15(21)10-7-13-5-8-14(9-6-13)16(17,18)19/h5-12H,1-4H3/b10-7+. The second-order valence-electron chi connectivity index (χ2n) is 5.39. The average molecular weight is 299 g/mol. The third-order valence-electron chi connectivity index (χ3n) is 3.02. The molecule has 2 nitrogen and oxygen atoms in total. The largest absolute Gasteiger partial charge is 0.416 e. The Kier molecular flexibility index (Phi) is 5.58. The van der Waals surface area contributed by atoms with Crippen molar-refractivity contribution < 1.29 is 18.0 Å². The molecule has 0 bridgehead atoms. The molecule has 0 fully saturated rings. The highest BCUT2D eigenvalue weighted by molar-refractivity contribution is 5.92. The van der Waals surface area contributed by atoms with Crippen LogP contribution < -0.4 is 0 Å². The Morgan fingerprint density at radius 1 is 1.05 bits per heavy atom. The summed E-state index contributed by atoms with van der Waals surface area (Å²) in [6.07, 6.45) is -1.42. The molecule has 0 unspecified atom stereocenters. The first-order chi connectivity index (χ1) is 9.62. The zero-order valence-corrected chi connectivity index (χ0v) is 12.6. The quantitative estimate of drug-likeness (QED) is 0.756. The first kappa shape index (κ1) is 17.3. The molecule has 1 aromatic rings. The highest BCUT2D eigenvalue weighted by Crippen LogP contribution is 2.29. The van der Waals surface area contributed by atoms with Gasteiger partial charge in [-0.2, -0.15) is 13.2 Å². The van der Waals surface area contributed by atoms with Crippen LogP contribution in [0.1, 0.15) is 38.8 Å². The average Bonchev–Trinajstić information content (AvgIpc) is 2.35. The fourth-order valence-corrected chi connectivity index (χ4v) is 2.14. The van der Waals surface area contributed by atoms with Crippen LogP contribution in [0.2, 0.25) is 0 Å². The molecule has 1 amide bonds. The first-order valence-corrected chi connectivity index (χ1v) is 6.80. The molecule has 1 aromatic carbocycles. The SMILES string of the molecule is CC(C)N(C(=O)/C=C/c1ccc(C(F)(F)F)cc1)C(C)C. The topological polar surface area (TPSA) is 20.3 Å². The number of hydrogen-bond donors (Lipinski definition) is 0. The van der Waals surface area contributed by atoms with Crippen molar-refractivity contribution in [2.45, 2.75) is 46.0 Å². The van der Waals surface area contributed by atoms with Gasteiger partial charge < -0.3 is 4.90 Å². The zero-order chi connectivity index (χ0) is 16.2. The van der Waals surface area contributed by atoms with Gasteiger partial charge in [-0.05, 0) is 51.5 Å². The maximum atomic E-state index is 12.4. The van der Waals surface area contributed by atoms with Gasteiger partial charge in [0.25, 0.3) is 0 Å². The minimum absolute atomic E-state index is 0.0646. The van der Waals surface area contributed by atoms with Gasteiger partial charge in [0.2, 0.25) is 5.91 Å². The van der Waals surface area contributed by atoms with E-state index in [4.69, 9.17) is 0 Å². The molecule has 0 heterocycles. The number of hydrogen-bond acceptors (Lipinski definition) is 1. The summed E-state index contributed by atoms with van der Waals surface area (Å²) in [5, 5.41) is 0. The van der Waals surface area contributed by atoms with Crippen molar-refractivity contribution in [1.29, 1.82) is 0 Å². The summed E-state index contributed by atoms with van der Waals surface area (Å²) in [5.74, 6) is -0.153. The fourth-order valence-electron chi connectivity index (χ4n) is 2.14. The van der Waals surface area contributed by atoms with Crippen LogP contribution in [-0.4, -0.2) is 22.9 Å². The molecular formula is C16H20F3NO. The molecule has 0 atom stereocenters. The number of alkyl halides is 3. The lowest BCUT2D eigenvalue weighted by molar-refractivity contribution is -0.137. The van der Waals surface area contributed by atoms with E-state index >= 15 is 0 Å². The second-order valence-corrected chi connectivity index (χ2v) is 5.39. The zero-order valence-electron chi connectivity index (χ0n) is 12.6. The summed E-state index contributed by atoms with van der Waals surface area (Å²) >= 11 is 0. The van der Waals surface area contributed by atoms with Crippen molar-refractivity contribution in [2.24, 2.45) is 0 Å². The summed E-state index contributed by atoms with van der Waals surface area (Å²) < 4.78 is 37.3. The predicted molar refractivity (Wildman–Crippen MR) is 77.6 cm³/mol. The molecule has 0 aromatic heterocycles. The van der Waals surface area contributed by atoms with E-state index in [1.165, 1.54) is 24.3 Å². The van der Waals surface area contributed by atoms with Crippen LogP contribution in [0, 0.1) is 0 Å². The minimum Gasteiger partial charge on any atom is -0.334 e. The third-order valence-corrected chi connectivity index (χ3v) is 3.02.